The third-order valence-electron chi connectivity index (χ3n) is 3.18. The van der Waals surface area contributed by atoms with Crippen molar-refractivity contribution in [3.63, 3.8) is 0 Å². The van der Waals surface area contributed by atoms with Crippen molar-refractivity contribution in [3.8, 4) is 0 Å². The fourth-order valence-electron chi connectivity index (χ4n) is 2.08. The molecule has 18 heavy (non-hydrogen) atoms. The van der Waals surface area contributed by atoms with Gasteiger partial charge in [-0.2, -0.15) is 0 Å². The summed E-state index contributed by atoms with van der Waals surface area (Å²) in [6.45, 7) is 3.65. The summed E-state index contributed by atoms with van der Waals surface area (Å²) in [4.78, 5) is 2.22. The van der Waals surface area contributed by atoms with Crippen LogP contribution in [-0.2, 0) is 10.0 Å². The molecule has 0 bridgehead atoms. The molecular weight excluding hydrogens is 250 g/mol. The first-order chi connectivity index (χ1) is 8.50. The van der Waals surface area contributed by atoms with Crippen LogP contribution >= 0.6 is 0 Å². The highest BCUT2D eigenvalue weighted by atomic mass is 32.2. The van der Waals surface area contributed by atoms with Crippen molar-refractivity contribution in [1.29, 1.82) is 0 Å². The third kappa shape index (κ3) is 2.76. The van der Waals surface area contributed by atoms with Crippen molar-refractivity contribution >= 4 is 21.4 Å². The molecule has 1 fully saturated rings. The lowest BCUT2D eigenvalue weighted by atomic mass is 10.2. The second-order valence-electron chi connectivity index (χ2n) is 4.46. The number of piperazine rings is 1. The van der Waals surface area contributed by atoms with E-state index in [0.717, 1.165) is 37.6 Å². The SMILES string of the molecule is CN(c1ccccc1N1CCNCC1)S(C)(=O)=O. The lowest BCUT2D eigenvalue weighted by Gasteiger charge is -2.32. The van der Waals surface area contributed by atoms with Crippen LogP contribution in [0.3, 0.4) is 0 Å². The van der Waals surface area contributed by atoms with Gasteiger partial charge in [-0.05, 0) is 12.1 Å². The van der Waals surface area contributed by atoms with E-state index in [2.05, 4.69) is 10.2 Å². The van der Waals surface area contributed by atoms with Gasteiger partial charge in [-0.15, -0.1) is 0 Å². The van der Waals surface area contributed by atoms with Gasteiger partial charge in [0.05, 0.1) is 17.6 Å². The van der Waals surface area contributed by atoms with Crippen molar-refractivity contribution in [2.45, 2.75) is 0 Å². The molecule has 0 amide bonds. The molecule has 6 heteroatoms. The van der Waals surface area contributed by atoms with E-state index in [9.17, 15) is 8.42 Å². The van der Waals surface area contributed by atoms with E-state index in [0.29, 0.717) is 0 Å². The molecule has 0 aliphatic carbocycles. The van der Waals surface area contributed by atoms with Crippen LogP contribution in [0.1, 0.15) is 0 Å². The summed E-state index contributed by atoms with van der Waals surface area (Å²) in [5.41, 5.74) is 1.72. The Balaban J connectivity index is 2.36. The maximum Gasteiger partial charge on any atom is 0.232 e. The van der Waals surface area contributed by atoms with Gasteiger partial charge in [0.15, 0.2) is 0 Å². The highest BCUT2D eigenvalue weighted by Gasteiger charge is 2.19. The predicted octanol–water partition coefficient (Wildman–Crippen LogP) is 0.492. The van der Waals surface area contributed by atoms with Gasteiger partial charge < -0.3 is 10.2 Å². The van der Waals surface area contributed by atoms with Gasteiger partial charge >= 0.3 is 0 Å². The maximum atomic E-state index is 11.7. The smallest absolute Gasteiger partial charge is 0.232 e. The van der Waals surface area contributed by atoms with Crippen LogP contribution < -0.4 is 14.5 Å². The summed E-state index contributed by atoms with van der Waals surface area (Å²) in [7, 11) is -1.63. The van der Waals surface area contributed by atoms with Gasteiger partial charge in [0, 0.05) is 33.2 Å². The lowest BCUT2D eigenvalue weighted by Crippen LogP contribution is -2.44. The van der Waals surface area contributed by atoms with E-state index >= 15 is 0 Å². The molecule has 1 aliphatic rings. The molecule has 1 aromatic rings. The van der Waals surface area contributed by atoms with Crippen molar-refractivity contribution < 1.29 is 8.42 Å². The van der Waals surface area contributed by atoms with Gasteiger partial charge in [-0.1, -0.05) is 12.1 Å². The number of nitrogens with zero attached hydrogens (tertiary/aromatic N) is 2. The minimum Gasteiger partial charge on any atom is -0.367 e. The average Bonchev–Trinajstić information content (AvgIpc) is 2.38. The van der Waals surface area contributed by atoms with Gasteiger partial charge in [-0.25, -0.2) is 8.42 Å². The quantitative estimate of drug-likeness (QED) is 0.868. The zero-order valence-corrected chi connectivity index (χ0v) is 11.6. The third-order valence-corrected chi connectivity index (χ3v) is 4.37. The molecule has 0 unspecified atom stereocenters. The van der Waals surface area contributed by atoms with E-state index in [1.54, 1.807) is 7.05 Å². The average molecular weight is 269 g/mol. The first-order valence-electron chi connectivity index (χ1n) is 5.99. The van der Waals surface area contributed by atoms with Crippen LogP contribution in [-0.4, -0.2) is 47.9 Å². The van der Waals surface area contributed by atoms with E-state index in [1.807, 2.05) is 24.3 Å². The minimum absolute atomic E-state index is 0.738. The number of nitrogens with one attached hydrogen (secondary N) is 1. The van der Waals surface area contributed by atoms with Crippen molar-refractivity contribution in [1.82, 2.24) is 5.32 Å². The first kappa shape index (κ1) is 13.2. The van der Waals surface area contributed by atoms with Crippen molar-refractivity contribution in [2.75, 3.05) is 48.7 Å². The second-order valence-corrected chi connectivity index (χ2v) is 6.47. The van der Waals surface area contributed by atoms with Crippen molar-refractivity contribution in [3.05, 3.63) is 24.3 Å². The molecule has 1 aliphatic heterocycles. The van der Waals surface area contributed by atoms with Crippen LogP contribution in [0.25, 0.3) is 0 Å². The number of benzene rings is 1. The van der Waals surface area contributed by atoms with Gasteiger partial charge in [0.2, 0.25) is 10.0 Å². The van der Waals surface area contributed by atoms with Crippen molar-refractivity contribution in [2.24, 2.45) is 0 Å². The molecular formula is C12H19N3O2S. The monoisotopic (exact) mass is 269 g/mol. The number of hydrogen-bond acceptors (Lipinski definition) is 4. The second kappa shape index (κ2) is 5.16. The molecule has 0 radical (unpaired) electrons. The predicted molar refractivity (Wildman–Crippen MR) is 74.8 cm³/mol. The molecule has 2 rings (SSSR count). The Bertz CT molecular complexity index is 510. The molecule has 1 heterocycles. The Kier molecular flexibility index (Phi) is 3.77. The molecule has 0 spiro atoms. The Hall–Kier alpha value is -1.27. The zero-order valence-electron chi connectivity index (χ0n) is 10.8. The highest BCUT2D eigenvalue weighted by Crippen LogP contribution is 2.29. The summed E-state index contributed by atoms with van der Waals surface area (Å²) in [5, 5.41) is 3.29. The molecule has 0 atom stereocenters. The number of anilines is 2. The van der Waals surface area contributed by atoms with Crippen LogP contribution in [0, 0.1) is 0 Å². The van der Waals surface area contributed by atoms with Gasteiger partial charge in [0.25, 0.3) is 0 Å². The Morgan fingerprint density at radius 3 is 2.44 bits per heavy atom. The molecule has 5 nitrogen and oxygen atoms in total. The van der Waals surface area contributed by atoms with E-state index < -0.39 is 10.0 Å². The molecule has 1 aromatic carbocycles. The van der Waals surface area contributed by atoms with Gasteiger partial charge in [0.1, 0.15) is 0 Å². The maximum absolute atomic E-state index is 11.7. The van der Waals surface area contributed by atoms with E-state index in [4.69, 9.17) is 0 Å². The number of sulfonamides is 1. The topological polar surface area (TPSA) is 52.6 Å². The lowest BCUT2D eigenvalue weighted by molar-refractivity contribution is 0.588. The summed E-state index contributed by atoms with van der Waals surface area (Å²) < 4.78 is 24.7. The summed E-state index contributed by atoms with van der Waals surface area (Å²) >= 11 is 0. The van der Waals surface area contributed by atoms with Crippen LogP contribution in [0.5, 0.6) is 0 Å². The number of hydrogen-bond donors (Lipinski definition) is 1. The Morgan fingerprint density at radius 1 is 1.22 bits per heavy atom. The number of rotatable bonds is 3. The van der Waals surface area contributed by atoms with Crippen LogP contribution in [0.4, 0.5) is 11.4 Å². The highest BCUT2D eigenvalue weighted by molar-refractivity contribution is 7.92. The van der Waals surface area contributed by atoms with E-state index in [-0.39, 0.29) is 0 Å². The normalized spacial score (nSPS) is 16.7. The van der Waals surface area contributed by atoms with Crippen LogP contribution in [0.2, 0.25) is 0 Å². The largest absolute Gasteiger partial charge is 0.367 e. The van der Waals surface area contributed by atoms with Crippen LogP contribution in [0.15, 0.2) is 24.3 Å². The summed E-state index contributed by atoms with van der Waals surface area (Å²) in [6, 6.07) is 7.63. The minimum atomic E-state index is -3.23. The fourth-order valence-corrected chi connectivity index (χ4v) is 2.59. The Morgan fingerprint density at radius 2 is 1.83 bits per heavy atom. The Labute approximate surface area is 108 Å². The molecule has 0 saturated carbocycles. The molecule has 1 N–H and O–H groups in total. The molecule has 1 saturated heterocycles. The number of para-hydroxylation sites is 2. The standard InChI is InChI=1S/C12H19N3O2S/c1-14(18(2,16)17)11-5-3-4-6-12(11)15-9-7-13-8-10-15/h3-6,13H,7-10H2,1-2H3. The summed E-state index contributed by atoms with van der Waals surface area (Å²) in [5.74, 6) is 0. The summed E-state index contributed by atoms with van der Waals surface area (Å²) in [6.07, 6.45) is 1.22. The van der Waals surface area contributed by atoms with Gasteiger partial charge in [-0.3, -0.25) is 4.31 Å². The fraction of sp³-hybridized carbons (Fsp3) is 0.500. The molecule has 100 valence electrons. The van der Waals surface area contributed by atoms with E-state index in [1.165, 1.54) is 10.6 Å². The first-order valence-corrected chi connectivity index (χ1v) is 7.83. The zero-order chi connectivity index (χ0) is 13.2. The molecule has 0 aromatic heterocycles.